The molecule has 134 valence electrons. The van der Waals surface area contributed by atoms with Crippen LogP contribution in [0, 0.1) is 0 Å². The summed E-state index contributed by atoms with van der Waals surface area (Å²) in [5.74, 6) is 1.24. The molecule has 0 atom stereocenters. The lowest BCUT2D eigenvalue weighted by Gasteiger charge is -2.29. The number of halogens is 2. The van der Waals surface area contributed by atoms with Crippen molar-refractivity contribution in [2.45, 2.75) is 37.7 Å². The van der Waals surface area contributed by atoms with E-state index in [0.29, 0.717) is 22.1 Å². The zero-order chi connectivity index (χ0) is 18.1. The van der Waals surface area contributed by atoms with E-state index in [1.54, 1.807) is 12.3 Å². The first-order chi connectivity index (χ1) is 12.6. The quantitative estimate of drug-likeness (QED) is 0.547. The highest BCUT2D eigenvalue weighted by atomic mass is 79.9. The highest BCUT2D eigenvalue weighted by molar-refractivity contribution is 9.10. The van der Waals surface area contributed by atoms with Crippen LogP contribution in [0.15, 0.2) is 57.9 Å². The summed E-state index contributed by atoms with van der Waals surface area (Å²) < 4.78 is 7.32. The summed E-state index contributed by atoms with van der Waals surface area (Å²) in [6.07, 6.45) is 6.01. The number of rotatable bonds is 3. The number of hydrogen-bond donors (Lipinski definition) is 1. The zero-order valence-corrected chi connectivity index (χ0v) is 16.5. The van der Waals surface area contributed by atoms with Crippen molar-refractivity contribution < 1.29 is 4.74 Å². The topological polar surface area (TPSA) is 42.1 Å². The van der Waals surface area contributed by atoms with E-state index in [9.17, 15) is 4.79 Å². The van der Waals surface area contributed by atoms with Gasteiger partial charge in [-0.2, -0.15) is 0 Å². The standard InChI is InChI=1S/C21H19BrClNO2/c22-16-3-1-2-14(10-16)13-4-6-17(7-5-13)26-20-11-15-8-9-24-21(25)18(15)12-19(20)23/h1-3,8-13,17H,4-7H2,(H,24,25). The number of hydrogen-bond acceptors (Lipinski definition) is 2. The van der Waals surface area contributed by atoms with Crippen molar-refractivity contribution in [2.24, 2.45) is 0 Å². The van der Waals surface area contributed by atoms with E-state index in [-0.39, 0.29) is 11.7 Å². The molecule has 1 N–H and O–H groups in total. The first kappa shape index (κ1) is 17.6. The molecule has 26 heavy (non-hydrogen) atoms. The molecule has 0 bridgehead atoms. The lowest BCUT2D eigenvalue weighted by atomic mass is 9.83. The molecule has 4 rings (SSSR count). The van der Waals surface area contributed by atoms with Crippen LogP contribution in [0.1, 0.15) is 37.2 Å². The minimum absolute atomic E-state index is 0.134. The Bertz CT molecular complexity index is 993. The van der Waals surface area contributed by atoms with Crippen molar-refractivity contribution in [1.29, 1.82) is 0 Å². The maximum Gasteiger partial charge on any atom is 0.255 e. The highest BCUT2D eigenvalue weighted by Gasteiger charge is 2.24. The van der Waals surface area contributed by atoms with Gasteiger partial charge in [-0.1, -0.05) is 39.7 Å². The number of aromatic nitrogens is 1. The molecule has 1 aliphatic rings. The predicted octanol–water partition coefficient (Wildman–Crippen LogP) is 6.05. The van der Waals surface area contributed by atoms with E-state index >= 15 is 0 Å². The lowest BCUT2D eigenvalue weighted by Crippen LogP contribution is -2.23. The molecule has 0 aliphatic heterocycles. The summed E-state index contributed by atoms with van der Waals surface area (Å²) in [7, 11) is 0. The van der Waals surface area contributed by atoms with Gasteiger partial charge in [-0.25, -0.2) is 0 Å². The molecule has 0 saturated heterocycles. The van der Waals surface area contributed by atoms with Gasteiger partial charge >= 0.3 is 0 Å². The van der Waals surface area contributed by atoms with Crippen molar-refractivity contribution >= 4 is 38.3 Å². The van der Waals surface area contributed by atoms with E-state index in [4.69, 9.17) is 16.3 Å². The van der Waals surface area contributed by atoms with Crippen molar-refractivity contribution in [1.82, 2.24) is 4.98 Å². The molecule has 1 heterocycles. The number of pyridine rings is 1. The second-order valence-electron chi connectivity index (χ2n) is 6.82. The molecule has 2 aromatic carbocycles. The van der Waals surface area contributed by atoms with Gasteiger partial charge in [0.15, 0.2) is 0 Å². The van der Waals surface area contributed by atoms with Crippen molar-refractivity contribution in [3.63, 3.8) is 0 Å². The fourth-order valence-electron chi connectivity index (χ4n) is 3.73. The van der Waals surface area contributed by atoms with E-state index in [2.05, 4.69) is 45.2 Å². The van der Waals surface area contributed by atoms with Crippen LogP contribution in [-0.4, -0.2) is 11.1 Å². The summed E-state index contributed by atoms with van der Waals surface area (Å²) in [5, 5.41) is 1.92. The van der Waals surface area contributed by atoms with Gasteiger partial charge in [-0.3, -0.25) is 4.79 Å². The average molecular weight is 433 g/mol. The number of aromatic amines is 1. The molecule has 1 saturated carbocycles. The van der Waals surface area contributed by atoms with E-state index in [1.165, 1.54) is 5.56 Å². The molecular weight excluding hydrogens is 414 g/mol. The minimum Gasteiger partial charge on any atom is -0.489 e. The van der Waals surface area contributed by atoms with Gasteiger partial charge in [-0.05, 0) is 72.9 Å². The fraction of sp³-hybridized carbons (Fsp3) is 0.286. The normalized spacial score (nSPS) is 20.2. The summed E-state index contributed by atoms with van der Waals surface area (Å²) in [6.45, 7) is 0. The third-order valence-electron chi connectivity index (χ3n) is 5.11. The smallest absolute Gasteiger partial charge is 0.255 e. The average Bonchev–Trinajstić information content (AvgIpc) is 2.64. The molecular formula is C21H19BrClNO2. The maximum atomic E-state index is 11.9. The minimum atomic E-state index is -0.134. The Kier molecular flexibility index (Phi) is 5.05. The van der Waals surface area contributed by atoms with Crippen LogP contribution < -0.4 is 10.3 Å². The third-order valence-corrected chi connectivity index (χ3v) is 5.90. The van der Waals surface area contributed by atoms with Gasteiger partial charge in [-0.15, -0.1) is 0 Å². The first-order valence-electron chi connectivity index (χ1n) is 8.83. The molecule has 0 unspecified atom stereocenters. The third kappa shape index (κ3) is 3.67. The van der Waals surface area contributed by atoms with E-state index in [0.717, 1.165) is 35.5 Å². The fourth-order valence-corrected chi connectivity index (χ4v) is 4.36. The Morgan fingerprint density at radius 1 is 1.08 bits per heavy atom. The molecule has 5 heteroatoms. The van der Waals surface area contributed by atoms with Gasteiger partial charge in [0.25, 0.3) is 5.56 Å². The first-order valence-corrected chi connectivity index (χ1v) is 10.0. The molecule has 3 aromatic rings. The Morgan fingerprint density at radius 2 is 1.88 bits per heavy atom. The largest absolute Gasteiger partial charge is 0.489 e. The second kappa shape index (κ2) is 7.45. The van der Waals surface area contributed by atoms with Crippen molar-refractivity contribution in [3.8, 4) is 5.75 Å². The van der Waals surface area contributed by atoms with Gasteiger partial charge in [0.2, 0.25) is 0 Å². The molecule has 1 aromatic heterocycles. The van der Waals surface area contributed by atoms with Crippen LogP contribution in [0.3, 0.4) is 0 Å². The molecule has 1 aliphatic carbocycles. The molecule has 0 radical (unpaired) electrons. The maximum absolute atomic E-state index is 11.9. The zero-order valence-electron chi connectivity index (χ0n) is 14.2. The molecule has 0 spiro atoms. The van der Waals surface area contributed by atoms with E-state index < -0.39 is 0 Å². The second-order valence-corrected chi connectivity index (χ2v) is 8.15. The predicted molar refractivity (Wildman–Crippen MR) is 109 cm³/mol. The Balaban J connectivity index is 1.47. The number of H-pyrrole nitrogens is 1. The number of ether oxygens (including phenoxy) is 1. The van der Waals surface area contributed by atoms with Crippen LogP contribution in [-0.2, 0) is 0 Å². The summed E-state index contributed by atoms with van der Waals surface area (Å²) in [6, 6.07) is 14.0. The number of fused-ring (bicyclic) bond motifs is 1. The Labute approximate surface area is 165 Å². The van der Waals surface area contributed by atoms with Gasteiger partial charge < -0.3 is 9.72 Å². The van der Waals surface area contributed by atoms with Crippen molar-refractivity contribution in [3.05, 3.63) is 74.1 Å². The Morgan fingerprint density at radius 3 is 2.65 bits per heavy atom. The number of benzene rings is 2. The van der Waals surface area contributed by atoms with Gasteiger partial charge in [0, 0.05) is 16.1 Å². The van der Waals surface area contributed by atoms with Gasteiger partial charge in [0.05, 0.1) is 11.1 Å². The SMILES string of the molecule is O=c1[nH]ccc2cc(OC3CCC(c4cccc(Br)c4)CC3)c(Cl)cc12. The Hall–Kier alpha value is -1.78. The van der Waals surface area contributed by atoms with Crippen LogP contribution in [0.25, 0.3) is 10.8 Å². The van der Waals surface area contributed by atoms with Gasteiger partial charge in [0.1, 0.15) is 5.75 Å². The summed E-state index contributed by atoms with van der Waals surface area (Å²) >= 11 is 9.91. The summed E-state index contributed by atoms with van der Waals surface area (Å²) in [4.78, 5) is 14.5. The highest BCUT2D eigenvalue weighted by Crippen LogP contribution is 2.37. The summed E-state index contributed by atoms with van der Waals surface area (Å²) in [5.41, 5.74) is 1.26. The molecule has 3 nitrogen and oxygen atoms in total. The van der Waals surface area contributed by atoms with Crippen LogP contribution in [0.4, 0.5) is 0 Å². The van der Waals surface area contributed by atoms with E-state index in [1.807, 2.05) is 12.1 Å². The van der Waals surface area contributed by atoms with Crippen LogP contribution in [0.5, 0.6) is 5.75 Å². The molecule has 0 amide bonds. The van der Waals surface area contributed by atoms with Crippen molar-refractivity contribution in [2.75, 3.05) is 0 Å². The lowest BCUT2D eigenvalue weighted by molar-refractivity contribution is 0.147. The monoisotopic (exact) mass is 431 g/mol. The molecule has 1 fully saturated rings. The number of nitrogens with one attached hydrogen (secondary N) is 1. The van der Waals surface area contributed by atoms with Crippen LogP contribution in [0.2, 0.25) is 5.02 Å². The van der Waals surface area contributed by atoms with Crippen LogP contribution >= 0.6 is 27.5 Å².